The Bertz CT molecular complexity index is 1910. The van der Waals surface area contributed by atoms with Crippen molar-refractivity contribution in [3.63, 3.8) is 0 Å². The van der Waals surface area contributed by atoms with Gasteiger partial charge in [-0.3, -0.25) is 32.5 Å². The predicted molar refractivity (Wildman–Crippen MR) is 334 cm³/mol. The number of rotatable bonds is 59. The van der Waals surface area contributed by atoms with Crippen molar-refractivity contribution in [3.8, 4) is 0 Å². The SMILES string of the molecule is CC/C=C\C/C=C\C/C=C\C/C=C\C/C=C\CCCCCC(=O)OCC(O)COP(=O)(O)OCC(O)COP(=O)(O)OCC(COC(=O)CCCCCCC/C=C\C/C=C\C/C=C\CC)OC(=O)CCCCCCCCCCCCCCC. The molecule has 5 atom stereocenters. The Labute approximate surface area is 501 Å². The van der Waals surface area contributed by atoms with Crippen LogP contribution >= 0.6 is 15.6 Å². The van der Waals surface area contributed by atoms with Crippen LogP contribution in [-0.2, 0) is 55.8 Å². The molecule has 16 nitrogen and oxygen atoms in total. The van der Waals surface area contributed by atoms with Crippen molar-refractivity contribution < 1.29 is 75.8 Å². The highest BCUT2D eigenvalue weighted by atomic mass is 31.2. The standard InChI is InChI=1S/C65H112O16P2/c1-4-7-10-13-16-19-22-25-27-28-29-30-32-35-36-39-42-45-48-51-63(68)75-54-60(66)55-77-82(71,72)78-56-61(67)57-79-83(73,74)80-59-62(81-65(70)53-50-47-44-41-38-33-24-21-18-15-12-9-6-3)58-76-64(69)52-49-46-43-40-37-34-31-26-23-20-17-14-11-8-5-2/h7-8,10-11,16-17,19-20,25-27,29-31,35-36,60-62,66-67H,4-6,9,12-15,18,21-24,28,32-34,37-59H2,1-3H3,(H,71,72)(H,73,74)/b10-7-,11-8-,19-16-,20-17-,27-25-,30-29-,31-26-,36-35-. The van der Waals surface area contributed by atoms with Gasteiger partial charge >= 0.3 is 33.6 Å². The summed E-state index contributed by atoms with van der Waals surface area (Å²) in [6.07, 6.45) is 61.8. The van der Waals surface area contributed by atoms with E-state index in [1.807, 2.05) is 0 Å². The molecule has 0 aromatic carbocycles. The van der Waals surface area contributed by atoms with Gasteiger partial charge in [0.15, 0.2) is 6.10 Å². The number of hydrogen-bond acceptors (Lipinski definition) is 14. The summed E-state index contributed by atoms with van der Waals surface area (Å²) in [5.41, 5.74) is 0. The van der Waals surface area contributed by atoms with Crippen LogP contribution in [0.5, 0.6) is 0 Å². The van der Waals surface area contributed by atoms with E-state index in [9.17, 15) is 43.5 Å². The van der Waals surface area contributed by atoms with E-state index in [-0.39, 0.29) is 19.3 Å². The molecule has 0 saturated carbocycles. The van der Waals surface area contributed by atoms with E-state index in [0.717, 1.165) is 128 Å². The molecule has 83 heavy (non-hydrogen) atoms. The highest BCUT2D eigenvalue weighted by Gasteiger charge is 2.29. The van der Waals surface area contributed by atoms with Gasteiger partial charge < -0.3 is 34.2 Å². The average Bonchev–Trinajstić information content (AvgIpc) is 3.46. The summed E-state index contributed by atoms with van der Waals surface area (Å²) >= 11 is 0. The number of aliphatic hydroxyl groups excluding tert-OH is 2. The van der Waals surface area contributed by atoms with E-state index in [1.165, 1.54) is 51.4 Å². The lowest BCUT2D eigenvalue weighted by Gasteiger charge is -2.21. The number of esters is 3. The van der Waals surface area contributed by atoms with Crippen molar-refractivity contribution in [2.45, 2.75) is 257 Å². The maximum atomic E-state index is 12.9. The molecule has 0 heterocycles. The van der Waals surface area contributed by atoms with E-state index >= 15 is 0 Å². The zero-order valence-electron chi connectivity index (χ0n) is 51.3. The molecule has 0 amide bonds. The van der Waals surface area contributed by atoms with Crippen LogP contribution in [0.1, 0.15) is 239 Å². The molecule has 0 aromatic rings. The fourth-order valence-electron chi connectivity index (χ4n) is 8.02. The minimum Gasteiger partial charge on any atom is -0.463 e. The van der Waals surface area contributed by atoms with Crippen LogP contribution < -0.4 is 0 Å². The van der Waals surface area contributed by atoms with Crippen molar-refractivity contribution in [1.82, 2.24) is 0 Å². The summed E-state index contributed by atoms with van der Waals surface area (Å²) in [5.74, 6) is -1.62. The molecule has 0 aliphatic heterocycles. The molecule has 0 bridgehead atoms. The maximum absolute atomic E-state index is 12.9. The maximum Gasteiger partial charge on any atom is 0.472 e. The number of phosphoric acid groups is 2. The Kier molecular flexibility index (Phi) is 56.3. The first kappa shape index (κ1) is 79.5. The molecule has 0 aromatic heterocycles. The predicted octanol–water partition coefficient (Wildman–Crippen LogP) is 16.7. The molecule has 0 aliphatic rings. The first-order chi connectivity index (χ1) is 40.2. The Balaban J connectivity index is 4.68. The monoisotopic (exact) mass is 1210 g/mol. The van der Waals surface area contributed by atoms with Gasteiger partial charge in [-0.25, -0.2) is 9.13 Å². The number of phosphoric ester groups is 2. The molecule has 0 saturated heterocycles. The highest BCUT2D eigenvalue weighted by molar-refractivity contribution is 7.47. The summed E-state index contributed by atoms with van der Waals surface area (Å²) < 4.78 is 60.7. The van der Waals surface area contributed by atoms with Crippen LogP contribution in [0.25, 0.3) is 0 Å². The number of ether oxygens (including phenoxy) is 3. The van der Waals surface area contributed by atoms with Gasteiger partial charge in [-0.1, -0.05) is 221 Å². The topological polar surface area (TPSA) is 231 Å². The number of carbonyl (C=O) groups excluding carboxylic acids is 3. The Hall–Kier alpha value is -3.53. The van der Waals surface area contributed by atoms with Gasteiger partial charge in [0, 0.05) is 19.3 Å². The van der Waals surface area contributed by atoms with Crippen molar-refractivity contribution >= 4 is 33.6 Å². The summed E-state index contributed by atoms with van der Waals surface area (Å²) in [6, 6.07) is 0. The van der Waals surface area contributed by atoms with Crippen LogP contribution in [0, 0.1) is 0 Å². The van der Waals surface area contributed by atoms with Gasteiger partial charge in [0.25, 0.3) is 0 Å². The minimum atomic E-state index is -4.92. The van der Waals surface area contributed by atoms with Crippen LogP contribution in [0.4, 0.5) is 0 Å². The summed E-state index contributed by atoms with van der Waals surface area (Å²) in [6.45, 7) is 2.37. The molecular formula is C65H112O16P2. The van der Waals surface area contributed by atoms with Crippen LogP contribution in [0.2, 0.25) is 0 Å². The zero-order valence-corrected chi connectivity index (χ0v) is 53.1. The molecule has 0 spiro atoms. The minimum absolute atomic E-state index is 0.102. The molecule has 0 aliphatic carbocycles. The smallest absolute Gasteiger partial charge is 0.463 e. The third-order valence-corrected chi connectivity index (χ3v) is 14.7. The Morgan fingerprint density at radius 2 is 0.639 bits per heavy atom. The number of aliphatic hydroxyl groups is 2. The molecule has 0 rings (SSSR count). The molecule has 0 radical (unpaired) electrons. The summed E-state index contributed by atoms with van der Waals surface area (Å²) in [7, 11) is -9.78. The molecule has 4 N–H and O–H groups in total. The van der Waals surface area contributed by atoms with E-state index in [4.69, 9.17) is 32.3 Å². The molecule has 0 fully saturated rings. The lowest BCUT2D eigenvalue weighted by atomic mass is 10.0. The number of unbranched alkanes of at least 4 members (excludes halogenated alkanes) is 20. The second kappa shape index (κ2) is 58.8. The summed E-state index contributed by atoms with van der Waals surface area (Å²) in [4.78, 5) is 58.2. The number of hydrogen-bond donors (Lipinski definition) is 4. The van der Waals surface area contributed by atoms with E-state index in [2.05, 4.69) is 118 Å². The highest BCUT2D eigenvalue weighted by Crippen LogP contribution is 2.45. The number of carbonyl (C=O) groups is 3. The second-order valence-corrected chi connectivity index (χ2v) is 23.7. The van der Waals surface area contributed by atoms with Gasteiger partial charge in [0.1, 0.15) is 25.4 Å². The lowest BCUT2D eigenvalue weighted by Crippen LogP contribution is -2.30. The first-order valence-electron chi connectivity index (χ1n) is 31.5. The van der Waals surface area contributed by atoms with Crippen molar-refractivity contribution in [2.75, 3.05) is 39.6 Å². The van der Waals surface area contributed by atoms with E-state index < -0.39 is 91.5 Å². The van der Waals surface area contributed by atoms with E-state index in [0.29, 0.717) is 19.3 Å². The quantitative estimate of drug-likeness (QED) is 0.0146. The fraction of sp³-hybridized carbons (Fsp3) is 0.708. The van der Waals surface area contributed by atoms with Gasteiger partial charge in [-0.2, -0.15) is 0 Å². The zero-order chi connectivity index (χ0) is 61.0. The normalized spacial score (nSPS) is 15.0. The van der Waals surface area contributed by atoms with Gasteiger partial charge in [-0.15, -0.1) is 0 Å². The fourth-order valence-corrected chi connectivity index (χ4v) is 9.61. The van der Waals surface area contributed by atoms with E-state index in [1.54, 1.807) is 0 Å². The molecule has 478 valence electrons. The van der Waals surface area contributed by atoms with Gasteiger partial charge in [-0.05, 0) is 96.3 Å². The lowest BCUT2D eigenvalue weighted by molar-refractivity contribution is -0.161. The van der Waals surface area contributed by atoms with Crippen LogP contribution in [-0.4, -0.2) is 95.9 Å². The second-order valence-electron chi connectivity index (χ2n) is 20.8. The van der Waals surface area contributed by atoms with Gasteiger partial charge in [0.2, 0.25) is 0 Å². The van der Waals surface area contributed by atoms with Gasteiger partial charge in [0.05, 0.1) is 26.4 Å². The average molecular weight is 1210 g/mol. The Morgan fingerprint density at radius 3 is 1.02 bits per heavy atom. The summed E-state index contributed by atoms with van der Waals surface area (Å²) in [5, 5.41) is 20.5. The third kappa shape index (κ3) is 60.0. The largest absolute Gasteiger partial charge is 0.472 e. The van der Waals surface area contributed by atoms with Crippen LogP contribution in [0.3, 0.4) is 0 Å². The first-order valence-corrected chi connectivity index (χ1v) is 34.5. The molecular weight excluding hydrogens is 1100 g/mol. The number of allylic oxidation sites excluding steroid dienone is 16. The third-order valence-electron chi connectivity index (χ3n) is 12.8. The van der Waals surface area contributed by atoms with Crippen molar-refractivity contribution in [2.24, 2.45) is 0 Å². The Morgan fingerprint density at radius 1 is 0.349 bits per heavy atom. The molecule has 5 unspecified atom stereocenters. The van der Waals surface area contributed by atoms with Crippen molar-refractivity contribution in [3.05, 3.63) is 97.2 Å². The molecule has 18 heteroatoms. The van der Waals surface area contributed by atoms with Crippen LogP contribution in [0.15, 0.2) is 97.2 Å². The van der Waals surface area contributed by atoms with Crippen molar-refractivity contribution in [1.29, 1.82) is 0 Å².